The van der Waals surface area contributed by atoms with Gasteiger partial charge >= 0.3 is 0 Å². The van der Waals surface area contributed by atoms with E-state index in [0.29, 0.717) is 0 Å². The molecule has 0 aromatic carbocycles. The van der Waals surface area contributed by atoms with E-state index < -0.39 is 0 Å². The predicted octanol–water partition coefficient (Wildman–Crippen LogP) is 3.26. The zero-order valence-electron chi connectivity index (χ0n) is 11.3. The van der Waals surface area contributed by atoms with Crippen LogP contribution < -0.4 is 5.32 Å². The molecule has 3 rings (SSSR count). The maximum absolute atomic E-state index is 6.69. The van der Waals surface area contributed by atoms with Crippen molar-refractivity contribution in [1.82, 2.24) is 5.32 Å². The second-order valence-electron chi connectivity index (χ2n) is 6.63. The summed E-state index contributed by atoms with van der Waals surface area (Å²) in [6.45, 7) is 4.54. The molecule has 0 radical (unpaired) electrons. The van der Waals surface area contributed by atoms with Crippen molar-refractivity contribution in [2.24, 2.45) is 5.92 Å². The van der Waals surface area contributed by atoms with E-state index in [4.69, 9.17) is 4.74 Å². The second kappa shape index (κ2) is 4.55. The molecule has 2 saturated carbocycles. The van der Waals surface area contributed by atoms with Crippen LogP contribution in [-0.2, 0) is 4.74 Å². The summed E-state index contributed by atoms with van der Waals surface area (Å²) in [6.07, 6.45) is 12.0. The van der Waals surface area contributed by atoms with Gasteiger partial charge in [-0.15, -0.1) is 0 Å². The van der Waals surface area contributed by atoms with Crippen LogP contribution in [0.5, 0.6) is 0 Å². The topological polar surface area (TPSA) is 21.3 Å². The van der Waals surface area contributed by atoms with Crippen molar-refractivity contribution in [1.29, 1.82) is 0 Å². The lowest BCUT2D eigenvalue weighted by Crippen LogP contribution is -2.60. The van der Waals surface area contributed by atoms with Crippen LogP contribution in [0.2, 0.25) is 0 Å². The first-order valence-corrected chi connectivity index (χ1v) is 7.67. The lowest BCUT2D eigenvalue weighted by molar-refractivity contribution is -0.191. The molecule has 3 fully saturated rings. The Morgan fingerprint density at radius 2 is 1.59 bits per heavy atom. The summed E-state index contributed by atoms with van der Waals surface area (Å²) in [6, 6.07) is 0. The van der Waals surface area contributed by atoms with Gasteiger partial charge < -0.3 is 10.1 Å². The molecular weight excluding hydrogens is 210 g/mol. The Morgan fingerprint density at radius 3 is 2.18 bits per heavy atom. The van der Waals surface area contributed by atoms with Crippen LogP contribution in [0.15, 0.2) is 0 Å². The summed E-state index contributed by atoms with van der Waals surface area (Å²) >= 11 is 0. The molecule has 2 nitrogen and oxygen atoms in total. The van der Waals surface area contributed by atoms with E-state index >= 15 is 0 Å². The molecule has 1 saturated heterocycles. The van der Waals surface area contributed by atoms with Gasteiger partial charge in [-0.05, 0) is 44.4 Å². The minimum atomic E-state index is 0.203. The normalized spacial score (nSPS) is 41.1. The molecular formula is C15H27NO. The molecule has 0 aromatic heterocycles. The summed E-state index contributed by atoms with van der Waals surface area (Å²) in [7, 11) is 0. The lowest BCUT2D eigenvalue weighted by atomic mass is 9.76. The molecule has 1 N–H and O–H groups in total. The van der Waals surface area contributed by atoms with E-state index in [1.54, 1.807) is 0 Å². The molecule has 2 spiro atoms. The monoisotopic (exact) mass is 237 g/mol. The van der Waals surface area contributed by atoms with Crippen molar-refractivity contribution in [3.63, 3.8) is 0 Å². The van der Waals surface area contributed by atoms with Crippen LogP contribution in [0.3, 0.4) is 0 Å². The average Bonchev–Trinajstić information content (AvgIpc) is 2.78. The van der Waals surface area contributed by atoms with Gasteiger partial charge in [-0.25, -0.2) is 0 Å². The smallest absolute Gasteiger partial charge is 0.0814 e. The van der Waals surface area contributed by atoms with Gasteiger partial charge in [0.15, 0.2) is 0 Å². The van der Waals surface area contributed by atoms with Crippen LogP contribution in [0, 0.1) is 5.92 Å². The van der Waals surface area contributed by atoms with Crippen LogP contribution in [0.25, 0.3) is 0 Å². The first-order chi connectivity index (χ1) is 8.26. The summed E-state index contributed by atoms with van der Waals surface area (Å²) in [5.41, 5.74) is 0.422. The molecule has 98 valence electrons. The molecule has 2 heteroatoms. The third-order valence-corrected chi connectivity index (χ3v) is 5.44. The largest absolute Gasteiger partial charge is 0.366 e. The first kappa shape index (κ1) is 12.0. The van der Waals surface area contributed by atoms with Crippen molar-refractivity contribution in [3.8, 4) is 0 Å². The van der Waals surface area contributed by atoms with E-state index in [9.17, 15) is 0 Å². The zero-order valence-corrected chi connectivity index (χ0v) is 11.3. The van der Waals surface area contributed by atoms with Gasteiger partial charge in [-0.2, -0.15) is 0 Å². The number of hydrogen-bond donors (Lipinski definition) is 1. The summed E-state index contributed by atoms with van der Waals surface area (Å²) in [5, 5.41) is 3.69. The highest BCUT2D eigenvalue weighted by molar-refractivity contribution is 5.00. The minimum Gasteiger partial charge on any atom is -0.366 e. The number of rotatable bonds is 1. The molecule has 1 aliphatic heterocycles. The second-order valence-corrected chi connectivity index (χ2v) is 6.63. The fourth-order valence-corrected chi connectivity index (χ4v) is 4.24. The molecule has 1 heterocycles. The molecule has 0 atom stereocenters. The minimum absolute atomic E-state index is 0.203. The van der Waals surface area contributed by atoms with Crippen LogP contribution in [-0.4, -0.2) is 24.3 Å². The Hall–Kier alpha value is -0.0800. The molecule has 0 amide bonds. The van der Waals surface area contributed by atoms with Gasteiger partial charge in [0.1, 0.15) is 0 Å². The average molecular weight is 237 g/mol. The molecule has 0 aromatic rings. The highest BCUT2D eigenvalue weighted by Gasteiger charge is 2.47. The Bertz CT molecular complexity index is 262. The summed E-state index contributed by atoms with van der Waals surface area (Å²) in [4.78, 5) is 0. The highest BCUT2D eigenvalue weighted by atomic mass is 16.5. The number of nitrogens with one attached hydrogen (secondary N) is 1. The maximum atomic E-state index is 6.69. The third kappa shape index (κ3) is 2.26. The van der Waals surface area contributed by atoms with Gasteiger partial charge in [0.25, 0.3) is 0 Å². The van der Waals surface area contributed by atoms with Crippen LogP contribution >= 0.6 is 0 Å². The van der Waals surface area contributed by atoms with Crippen molar-refractivity contribution in [2.45, 2.75) is 75.9 Å². The quantitative estimate of drug-likeness (QED) is 0.756. The standard InChI is InChI=1S/C15H27NO/c1-2-13-5-9-15(10-6-13)12-16-11-14(17-15)7-3-4-8-14/h13,16H,2-12H2,1H3. The lowest BCUT2D eigenvalue weighted by Gasteiger charge is -2.50. The molecule has 17 heavy (non-hydrogen) atoms. The van der Waals surface area contributed by atoms with E-state index in [-0.39, 0.29) is 11.2 Å². The highest BCUT2D eigenvalue weighted by Crippen LogP contribution is 2.44. The van der Waals surface area contributed by atoms with Gasteiger partial charge in [-0.1, -0.05) is 26.2 Å². The van der Waals surface area contributed by atoms with E-state index in [1.165, 1.54) is 57.8 Å². The van der Waals surface area contributed by atoms with Gasteiger partial charge in [0.05, 0.1) is 11.2 Å². The molecule has 0 unspecified atom stereocenters. The first-order valence-electron chi connectivity index (χ1n) is 7.67. The maximum Gasteiger partial charge on any atom is 0.0814 e. The summed E-state index contributed by atoms with van der Waals surface area (Å²) < 4.78 is 6.69. The zero-order chi connectivity index (χ0) is 11.8. The number of hydrogen-bond acceptors (Lipinski definition) is 2. The number of morpholine rings is 1. The molecule has 0 bridgehead atoms. The van der Waals surface area contributed by atoms with Crippen molar-refractivity contribution < 1.29 is 4.74 Å². The Balaban J connectivity index is 1.67. The van der Waals surface area contributed by atoms with Crippen molar-refractivity contribution in [2.75, 3.05) is 13.1 Å². The Labute approximate surface area is 105 Å². The fourth-order valence-electron chi connectivity index (χ4n) is 4.24. The molecule has 3 aliphatic rings. The Morgan fingerprint density at radius 1 is 1.00 bits per heavy atom. The van der Waals surface area contributed by atoms with Gasteiger partial charge in [0, 0.05) is 13.1 Å². The van der Waals surface area contributed by atoms with Gasteiger partial charge in [0.2, 0.25) is 0 Å². The third-order valence-electron chi connectivity index (χ3n) is 5.44. The summed E-state index contributed by atoms with van der Waals surface area (Å²) in [5.74, 6) is 0.964. The SMILES string of the molecule is CCC1CCC2(CC1)CNCC1(CCCC1)O2. The van der Waals surface area contributed by atoms with Gasteiger partial charge in [-0.3, -0.25) is 0 Å². The van der Waals surface area contributed by atoms with E-state index in [0.717, 1.165) is 19.0 Å². The van der Waals surface area contributed by atoms with Crippen LogP contribution in [0.1, 0.15) is 64.7 Å². The molecule has 2 aliphatic carbocycles. The van der Waals surface area contributed by atoms with Crippen LogP contribution in [0.4, 0.5) is 0 Å². The Kier molecular flexibility index (Phi) is 3.20. The predicted molar refractivity (Wildman–Crippen MR) is 70.1 cm³/mol. The van der Waals surface area contributed by atoms with E-state index in [1.807, 2.05) is 0 Å². The number of ether oxygens (including phenoxy) is 1. The van der Waals surface area contributed by atoms with E-state index in [2.05, 4.69) is 12.2 Å². The fraction of sp³-hybridized carbons (Fsp3) is 1.00. The van der Waals surface area contributed by atoms with Crippen molar-refractivity contribution in [3.05, 3.63) is 0 Å². The van der Waals surface area contributed by atoms with Crippen molar-refractivity contribution >= 4 is 0 Å².